The number of nitrogens with two attached hydrogens (primary N) is 1. The zero-order valence-electron chi connectivity index (χ0n) is 9.42. The Hall–Kier alpha value is -1.39. The number of nitrogens with one attached hydrogen (secondary N) is 1. The first-order valence-corrected chi connectivity index (χ1v) is 4.82. The van der Waals surface area contributed by atoms with Gasteiger partial charge in [0, 0.05) is 24.8 Å². The second-order valence-electron chi connectivity index (χ2n) is 4.28. The van der Waals surface area contributed by atoms with Gasteiger partial charge in [0.15, 0.2) is 0 Å². The van der Waals surface area contributed by atoms with Crippen LogP contribution >= 0.6 is 0 Å². The molecule has 0 aliphatic heterocycles. The molecule has 0 unspecified atom stereocenters. The third kappa shape index (κ3) is 7.66. The molecule has 0 fully saturated rings. The van der Waals surface area contributed by atoms with Crippen LogP contribution in [0.1, 0.15) is 40.0 Å². The average Bonchev–Trinajstić information content (AvgIpc) is 1.96. The van der Waals surface area contributed by atoms with Crippen molar-refractivity contribution in [1.29, 1.82) is 0 Å². The Morgan fingerprint density at radius 3 is 2.13 bits per heavy atom. The first kappa shape index (κ1) is 13.6. The Labute approximate surface area is 89.4 Å². The third-order valence-corrected chi connectivity index (χ3v) is 1.80. The van der Waals surface area contributed by atoms with E-state index in [2.05, 4.69) is 5.32 Å². The van der Waals surface area contributed by atoms with Gasteiger partial charge < -0.3 is 15.8 Å². The maximum absolute atomic E-state index is 11.3. The zero-order chi connectivity index (χ0) is 12.1. The van der Waals surface area contributed by atoms with Crippen molar-refractivity contribution in [2.45, 2.75) is 45.6 Å². The first-order valence-electron chi connectivity index (χ1n) is 4.82. The van der Waals surface area contributed by atoms with E-state index in [0.717, 1.165) is 0 Å². The summed E-state index contributed by atoms with van der Waals surface area (Å²) in [6.07, 6.45) is 0.453. The summed E-state index contributed by atoms with van der Waals surface area (Å²) in [4.78, 5) is 32.6. The van der Waals surface area contributed by atoms with Crippen molar-refractivity contribution in [3.63, 3.8) is 0 Å². The van der Waals surface area contributed by atoms with E-state index in [4.69, 9.17) is 5.73 Å². The molecular formula is C10H18N2O3. The van der Waals surface area contributed by atoms with Gasteiger partial charge in [-0.25, -0.2) is 0 Å². The molecule has 5 heteroatoms. The summed E-state index contributed by atoms with van der Waals surface area (Å²) in [5.41, 5.74) is 4.38. The fourth-order valence-corrected chi connectivity index (χ4v) is 1.21. The number of hydrogen-bond acceptors (Lipinski definition) is 3. The number of ketones is 1. The van der Waals surface area contributed by atoms with Crippen LogP contribution in [0, 0.1) is 0 Å². The van der Waals surface area contributed by atoms with E-state index in [0.29, 0.717) is 0 Å². The highest BCUT2D eigenvalue weighted by atomic mass is 16.2. The van der Waals surface area contributed by atoms with Crippen molar-refractivity contribution in [2.75, 3.05) is 0 Å². The molecule has 0 rings (SSSR count). The molecule has 0 aliphatic rings. The van der Waals surface area contributed by atoms with Crippen molar-refractivity contribution in [3.05, 3.63) is 0 Å². The number of Topliss-reactive ketones (excluding diaryl/α,β-unsaturated/α-hetero) is 1. The highest BCUT2D eigenvalue weighted by molar-refractivity contribution is 5.84. The predicted octanol–water partition coefficient (Wildman–Crippen LogP) is 0.126. The number of carbonyl (C=O) groups excluding carboxylic acids is 3. The molecule has 0 aromatic carbocycles. The molecule has 0 saturated heterocycles. The van der Waals surface area contributed by atoms with Crippen LogP contribution in [0.15, 0.2) is 0 Å². The van der Waals surface area contributed by atoms with Gasteiger partial charge >= 0.3 is 0 Å². The standard InChI is InChI=1S/C10H18N2O3/c1-7(13)4-5-9(15)12-10(2,3)6-8(11)14/h4-6H2,1-3H3,(H2,11,14)(H,12,15). The lowest BCUT2D eigenvalue weighted by atomic mass is 10.00. The molecule has 0 radical (unpaired) electrons. The topological polar surface area (TPSA) is 89.3 Å². The third-order valence-electron chi connectivity index (χ3n) is 1.80. The summed E-state index contributed by atoms with van der Waals surface area (Å²) in [5.74, 6) is -0.735. The predicted molar refractivity (Wildman–Crippen MR) is 55.9 cm³/mol. The van der Waals surface area contributed by atoms with E-state index < -0.39 is 11.4 Å². The van der Waals surface area contributed by atoms with Crippen LogP contribution in [-0.2, 0) is 14.4 Å². The lowest BCUT2D eigenvalue weighted by Gasteiger charge is -2.24. The minimum Gasteiger partial charge on any atom is -0.370 e. The molecule has 15 heavy (non-hydrogen) atoms. The molecule has 0 atom stereocenters. The monoisotopic (exact) mass is 214 g/mol. The van der Waals surface area contributed by atoms with Crippen molar-refractivity contribution in [1.82, 2.24) is 5.32 Å². The molecule has 0 aromatic rings. The Kier molecular flexibility index (Phi) is 4.97. The number of amides is 2. The number of rotatable bonds is 6. The normalized spacial score (nSPS) is 10.9. The molecule has 0 saturated carbocycles. The van der Waals surface area contributed by atoms with Crippen molar-refractivity contribution in [2.24, 2.45) is 5.73 Å². The van der Waals surface area contributed by atoms with Gasteiger partial charge in [-0.15, -0.1) is 0 Å². The first-order chi connectivity index (χ1) is 6.73. The molecule has 2 amide bonds. The summed E-state index contributed by atoms with van der Waals surface area (Å²) in [5, 5.41) is 2.65. The number of hydrogen-bond donors (Lipinski definition) is 2. The second kappa shape index (κ2) is 5.48. The van der Waals surface area contributed by atoms with Gasteiger partial charge in [-0.05, 0) is 20.8 Å². The Bertz CT molecular complexity index is 272. The Morgan fingerprint density at radius 2 is 1.73 bits per heavy atom. The van der Waals surface area contributed by atoms with E-state index >= 15 is 0 Å². The van der Waals surface area contributed by atoms with E-state index in [1.165, 1.54) is 6.92 Å². The van der Waals surface area contributed by atoms with E-state index in [1.807, 2.05) is 0 Å². The van der Waals surface area contributed by atoms with Gasteiger partial charge in [-0.3, -0.25) is 9.59 Å². The van der Waals surface area contributed by atoms with Crippen LogP contribution in [0.4, 0.5) is 0 Å². The minimum absolute atomic E-state index is 0.0298. The van der Waals surface area contributed by atoms with Gasteiger partial charge in [0.1, 0.15) is 5.78 Å². The molecule has 0 aliphatic carbocycles. The summed E-state index contributed by atoms with van der Waals surface area (Å²) in [6, 6.07) is 0. The minimum atomic E-state index is -0.653. The second-order valence-corrected chi connectivity index (χ2v) is 4.28. The van der Waals surface area contributed by atoms with Gasteiger partial charge in [-0.2, -0.15) is 0 Å². The van der Waals surface area contributed by atoms with Gasteiger partial charge in [0.25, 0.3) is 0 Å². The quantitative estimate of drug-likeness (QED) is 0.658. The van der Waals surface area contributed by atoms with Gasteiger partial charge in [-0.1, -0.05) is 0 Å². The van der Waals surface area contributed by atoms with Crippen LogP contribution in [-0.4, -0.2) is 23.1 Å². The van der Waals surface area contributed by atoms with E-state index in [1.54, 1.807) is 13.8 Å². The maximum atomic E-state index is 11.3. The molecule has 0 bridgehead atoms. The summed E-state index contributed by atoms with van der Waals surface area (Å²) in [6.45, 7) is 4.86. The molecule has 0 spiro atoms. The molecule has 5 nitrogen and oxygen atoms in total. The summed E-state index contributed by atoms with van der Waals surface area (Å²) in [7, 11) is 0. The van der Waals surface area contributed by atoms with Crippen LogP contribution in [0.25, 0.3) is 0 Å². The van der Waals surface area contributed by atoms with Crippen molar-refractivity contribution >= 4 is 17.6 Å². The zero-order valence-corrected chi connectivity index (χ0v) is 9.42. The smallest absolute Gasteiger partial charge is 0.220 e. The molecular weight excluding hydrogens is 196 g/mol. The molecule has 86 valence electrons. The Morgan fingerprint density at radius 1 is 1.20 bits per heavy atom. The lowest BCUT2D eigenvalue weighted by Crippen LogP contribution is -2.46. The molecule has 0 aromatic heterocycles. The summed E-state index contributed by atoms with van der Waals surface area (Å²) >= 11 is 0. The van der Waals surface area contributed by atoms with Crippen LogP contribution < -0.4 is 11.1 Å². The van der Waals surface area contributed by atoms with Crippen LogP contribution in [0.5, 0.6) is 0 Å². The number of primary amides is 1. The SMILES string of the molecule is CC(=O)CCC(=O)NC(C)(C)CC(N)=O. The highest BCUT2D eigenvalue weighted by Gasteiger charge is 2.22. The molecule has 3 N–H and O–H groups in total. The van der Waals surface area contributed by atoms with Crippen LogP contribution in [0.2, 0.25) is 0 Å². The van der Waals surface area contributed by atoms with Crippen LogP contribution in [0.3, 0.4) is 0 Å². The molecule has 0 heterocycles. The number of carbonyl (C=O) groups is 3. The lowest BCUT2D eigenvalue weighted by molar-refractivity contribution is -0.126. The highest BCUT2D eigenvalue weighted by Crippen LogP contribution is 2.08. The fourth-order valence-electron chi connectivity index (χ4n) is 1.21. The van der Waals surface area contributed by atoms with Gasteiger partial charge in [0.2, 0.25) is 11.8 Å². The Balaban J connectivity index is 4.04. The maximum Gasteiger partial charge on any atom is 0.220 e. The van der Waals surface area contributed by atoms with Crippen molar-refractivity contribution in [3.8, 4) is 0 Å². The van der Waals surface area contributed by atoms with Crippen molar-refractivity contribution < 1.29 is 14.4 Å². The average molecular weight is 214 g/mol. The van der Waals surface area contributed by atoms with E-state index in [9.17, 15) is 14.4 Å². The fraction of sp³-hybridized carbons (Fsp3) is 0.700. The van der Waals surface area contributed by atoms with Gasteiger partial charge in [0.05, 0.1) is 0 Å². The largest absolute Gasteiger partial charge is 0.370 e. The van der Waals surface area contributed by atoms with E-state index in [-0.39, 0.29) is 31.0 Å². The summed E-state index contributed by atoms with van der Waals surface area (Å²) < 4.78 is 0.